The van der Waals surface area contributed by atoms with Crippen LogP contribution in [-0.4, -0.2) is 28.4 Å². The van der Waals surface area contributed by atoms with Crippen LogP contribution in [0.4, 0.5) is 8.78 Å². The summed E-state index contributed by atoms with van der Waals surface area (Å²) in [7, 11) is 0. The van der Waals surface area contributed by atoms with Crippen molar-refractivity contribution in [2.24, 2.45) is 0 Å². The van der Waals surface area contributed by atoms with Gasteiger partial charge in [0.25, 0.3) is 0 Å². The molecule has 110 valence electrons. The molecule has 0 aliphatic rings. The highest BCUT2D eigenvalue weighted by Crippen LogP contribution is 2.12. The van der Waals surface area contributed by atoms with E-state index in [1.807, 2.05) is 0 Å². The number of hydrogen-bond donors (Lipinski definition) is 1. The Balaban J connectivity index is 2.59. The first kappa shape index (κ1) is 16.1. The zero-order valence-electron chi connectivity index (χ0n) is 11.2. The molecule has 1 amide bonds. The van der Waals surface area contributed by atoms with Crippen molar-refractivity contribution in [1.82, 2.24) is 4.90 Å². The van der Waals surface area contributed by atoms with Crippen LogP contribution in [0.25, 0.3) is 0 Å². The maximum atomic E-state index is 13.1. The number of carboxylic acids is 1. The number of carbonyl (C=O) groups excluding carboxylic acids is 1. The van der Waals surface area contributed by atoms with Crippen molar-refractivity contribution in [3.8, 4) is 0 Å². The van der Waals surface area contributed by atoms with Gasteiger partial charge >= 0.3 is 5.97 Å². The molecule has 0 spiro atoms. The number of rotatable bonds is 7. The second kappa shape index (κ2) is 7.57. The van der Waals surface area contributed by atoms with Gasteiger partial charge in [-0.05, 0) is 31.0 Å². The normalized spacial score (nSPS) is 10.3. The van der Waals surface area contributed by atoms with E-state index in [4.69, 9.17) is 5.11 Å². The van der Waals surface area contributed by atoms with Crippen molar-refractivity contribution in [3.05, 3.63) is 35.4 Å². The summed E-state index contributed by atoms with van der Waals surface area (Å²) in [6, 6.07) is 3.50. The number of carboxylic acid groups (broad SMARTS) is 1. The predicted molar refractivity (Wildman–Crippen MR) is 68.9 cm³/mol. The van der Waals surface area contributed by atoms with Crippen molar-refractivity contribution in [3.63, 3.8) is 0 Å². The third-order valence-electron chi connectivity index (χ3n) is 2.87. The van der Waals surface area contributed by atoms with Crippen molar-refractivity contribution < 1.29 is 23.5 Å². The summed E-state index contributed by atoms with van der Waals surface area (Å²) in [6.07, 6.45) is 0.334. The van der Waals surface area contributed by atoms with Crippen LogP contribution < -0.4 is 0 Å². The average Bonchev–Trinajstić information content (AvgIpc) is 2.39. The molecular weight excluding hydrogens is 268 g/mol. The molecule has 1 rings (SSSR count). The summed E-state index contributed by atoms with van der Waals surface area (Å²) >= 11 is 0. The molecule has 1 N–H and O–H groups in total. The lowest BCUT2D eigenvalue weighted by molar-refractivity contribution is -0.137. The van der Waals surface area contributed by atoms with Crippen LogP contribution in [-0.2, 0) is 16.1 Å². The zero-order valence-corrected chi connectivity index (χ0v) is 11.2. The molecule has 0 radical (unpaired) electrons. The molecule has 1 aromatic carbocycles. The molecule has 0 aliphatic carbocycles. The van der Waals surface area contributed by atoms with Gasteiger partial charge in [-0.25, -0.2) is 8.78 Å². The van der Waals surface area contributed by atoms with E-state index < -0.39 is 17.6 Å². The summed E-state index contributed by atoms with van der Waals surface area (Å²) < 4.78 is 25.9. The second-order valence-electron chi connectivity index (χ2n) is 4.40. The van der Waals surface area contributed by atoms with E-state index in [9.17, 15) is 18.4 Å². The van der Waals surface area contributed by atoms with Crippen LogP contribution in [0, 0.1) is 11.6 Å². The predicted octanol–water partition coefficient (Wildman–Crippen LogP) is 2.57. The summed E-state index contributed by atoms with van der Waals surface area (Å²) in [5.41, 5.74) is 0.498. The molecule has 0 heterocycles. The highest BCUT2D eigenvalue weighted by Gasteiger charge is 2.13. The summed E-state index contributed by atoms with van der Waals surface area (Å²) in [5.74, 6) is -3.01. The molecule has 0 atom stereocenters. The van der Waals surface area contributed by atoms with Crippen LogP contribution in [0.3, 0.4) is 0 Å². The lowest BCUT2D eigenvalue weighted by atomic mass is 10.1. The molecule has 0 saturated heterocycles. The van der Waals surface area contributed by atoms with Gasteiger partial charge in [-0.3, -0.25) is 9.59 Å². The molecule has 1 aromatic rings. The number of nitrogens with zero attached hydrogens (tertiary/aromatic N) is 1. The Bertz CT molecular complexity index is 491. The Hall–Kier alpha value is -1.98. The molecule has 0 aromatic heterocycles. The molecular formula is C14H17F2NO3. The van der Waals surface area contributed by atoms with E-state index in [2.05, 4.69) is 0 Å². The summed E-state index contributed by atoms with van der Waals surface area (Å²) in [5, 5.41) is 8.51. The minimum absolute atomic E-state index is 0.0610. The third-order valence-corrected chi connectivity index (χ3v) is 2.87. The Labute approximate surface area is 116 Å². The highest BCUT2D eigenvalue weighted by atomic mass is 19.2. The number of halogens is 2. The largest absolute Gasteiger partial charge is 0.481 e. The quantitative estimate of drug-likeness (QED) is 0.837. The van der Waals surface area contributed by atoms with E-state index in [1.165, 1.54) is 11.0 Å². The van der Waals surface area contributed by atoms with Crippen molar-refractivity contribution >= 4 is 11.9 Å². The van der Waals surface area contributed by atoms with Crippen molar-refractivity contribution in [2.45, 2.75) is 32.7 Å². The van der Waals surface area contributed by atoms with E-state index in [1.54, 1.807) is 6.92 Å². The monoisotopic (exact) mass is 285 g/mol. The van der Waals surface area contributed by atoms with Crippen molar-refractivity contribution in [1.29, 1.82) is 0 Å². The highest BCUT2D eigenvalue weighted by molar-refractivity contribution is 5.77. The van der Waals surface area contributed by atoms with Crippen LogP contribution in [0.1, 0.15) is 31.7 Å². The zero-order chi connectivity index (χ0) is 15.1. The fourth-order valence-electron chi connectivity index (χ4n) is 1.78. The van der Waals surface area contributed by atoms with Gasteiger partial charge in [0.2, 0.25) is 5.91 Å². The fraction of sp³-hybridized carbons (Fsp3) is 0.429. The first-order valence-corrected chi connectivity index (χ1v) is 6.37. The standard InChI is InChI=1S/C14H17F2NO3/c1-2-17(13(18)4-3-5-14(19)20)9-10-6-7-11(15)12(16)8-10/h6-8H,2-5,9H2,1H3,(H,19,20). The molecule has 0 saturated carbocycles. The Morgan fingerprint density at radius 3 is 2.45 bits per heavy atom. The third kappa shape index (κ3) is 4.95. The Morgan fingerprint density at radius 2 is 1.90 bits per heavy atom. The number of hydrogen-bond acceptors (Lipinski definition) is 2. The van der Waals surface area contributed by atoms with E-state index in [0.29, 0.717) is 12.1 Å². The van der Waals surface area contributed by atoms with Gasteiger partial charge < -0.3 is 10.0 Å². The topological polar surface area (TPSA) is 57.6 Å². The van der Waals surface area contributed by atoms with Gasteiger partial charge in [0.15, 0.2) is 11.6 Å². The summed E-state index contributed by atoms with van der Waals surface area (Å²) in [6.45, 7) is 2.37. The first-order valence-electron chi connectivity index (χ1n) is 6.37. The minimum atomic E-state index is -0.947. The maximum Gasteiger partial charge on any atom is 0.303 e. The van der Waals surface area contributed by atoms with E-state index >= 15 is 0 Å². The molecule has 0 bridgehead atoms. The van der Waals surface area contributed by atoms with E-state index in [-0.39, 0.29) is 31.7 Å². The average molecular weight is 285 g/mol. The Kier molecular flexibility index (Phi) is 6.09. The number of aliphatic carboxylic acids is 1. The van der Waals surface area contributed by atoms with Gasteiger partial charge in [0.1, 0.15) is 0 Å². The maximum absolute atomic E-state index is 13.1. The van der Waals surface area contributed by atoms with Gasteiger partial charge in [0.05, 0.1) is 0 Å². The molecule has 6 heteroatoms. The van der Waals surface area contributed by atoms with E-state index in [0.717, 1.165) is 12.1 Å². The molecule has 0 fully saturated rings. The van der Waals surface area contributed by atoms with Crippen molar-refractivity contribution in [2.75, 3.05) is 6.54 Å². The molecule has 0 aliphatic heterocycles. The van der Waals surface area contributed by atoms with Crippen LogP contribution in [0.5, 0.6) is 0 Å². The number of carbonyl (C=O) groups is 2. The smallest absolute Gasteiger partial charge is 0.303 e. The summed E-state index contributed by atoms with van der Waals surface area (Å²) in [4.78, 5) is 23.7. The van der Waals surface area contributed by atoms with Gasteiger partial charge in [0, 0.05) is 25.9 Å². The van der Waals surface area contributed by atoms with Crippen LogP contribution >= 0.6 is 0 Å². The SMILES string of the molecule is CCN(Cc1ccc(F)c(F)c1)C(=O)CCCC(=O)O. The number of amides is 1. The van der Waals surface area contributed by atoms with Crippen LogP contribution in [0.15, 0.2) is 18.2 Å². The van der Waals surface area contributed by atoms with Crippen LogP contribution in [0.2, 0.25) is 0 Å². The lowest BCUT2D eigenvalue weighted by Gasteiger charge is -2.21. The van der Waals surface area contributed by atoms with Gasteiger partial charge in [-0.1, -0.05) is 6.07 Å². The fourth-order valence-corrected chi connectivity index (χ4v) is 1.78. The molecule has 20 heavy (non-hydrogen) atoms. The first-order chi connectivity index (χ1) is 9.43. The van der Waals surface area contributed by atoms with Gasteiger partial charge in [-0.15, -0.1) is 0 Å². The molecule has 4 nitrogen and oxygen atoms in total. The van der Waals surface area contributed by atoms with Gasteiger partial charge in [-0.2, -0.15) is 0 Å². The minimum Gasteiger partial charge on any atom is -0.481 e. The Morgan fingerprint density at radius 1 is 1.20 bits per heavy atom. The lowest BCUT2D eigenvalue weighted by Crippen LogP contribution is -2.30. The molecule has 0 unspecified atom stereocenters. The second-order valence-corrected chi connectivity index (χ2v) is 4.40. The number of benzene rings is 1.